The first-order chi connectivity index (χ1) is 16.5. The molecule has 4 nitrogen and oxygen atoms in total. The number of aryl methyl sites for hydroxylation is 1. The molecule has 34 heavy (non-hydrogen) atoms. The summed E-state index contributed by atoms with van der Waals surface area (Å²) >= 11 is 0. The van der Waals surface area contributed by atoms with Gasteiger partial charge in [0.25, 0.3) is 0 Å². The van der Waals surface area contributed by atoms with E-state index in [4.69, 9.17) is 0 Å². The molecule has 0 bridgehead atoms. The average Bonchev–Trinajstić information content (AvgIpc) is 3.26. The Morgan fingerprint density at radius 3 is 2.38 bits per heavy atom. The Morgan fingerprint density at radius 2 is 1.71 bits per heavy atom. The van der Waals surface area contributed by atoms with Crippen LogP contribution in [0.25, 0.3) is 11.6 Å². The van der Waals surface area contributed by atoms with Crippen LogP contribution in [0.2, 0.25) is 0 Å². The van der Waals surface area contributed by atoms with Gasteiger partial charge >= 0.3 is 0 Å². The van der Waals surface area contributed by atoms with Gasteiger partial charge in [0.2, 0.25) is 5.91 Å². The second-order valence-electron chi connectivity index (χ2n) is 8.54. The first kappa shape index (κ1) is 21.4. The number of para-hydroxylation sites is 1. The number of carbonyl (C=O) groups excluding carboxylic acids is 1. The number of nitriles is 1. The number of anilines is 1. The van der Waals surface area contributed by atoms with E-state index >= 15 is 0 Å². The molecule has 5 rings (SSSR count). The summed E-state index contributed by atoms with van der Waals surface area (Å²) in [4.78, 5) is 15.9. The number of allylic oxidation sites excluding steroid dienone is 2. The van der Waals surface area contributed by atoms with Gasteiger partial charge in [0.1, 0.15) is 11.5 Å². The molecule has 164 valence electrons. The molecule has 1 heterocycles. The second kappa shape index (κ2) is 8.13. The zero-order valence-electron chi connectivity index (χ0n) is 18.9. The van der Waals surface area contributed by atoms with Crippen LogP contribution in [0, 0.1) is 23.7 Å². The van der Waals surface area contributed by atoms with Gasteiger partial charge in [-0.1, -0.05) is 84.4 Å². The molecule has 2 aliphatic rings. The first-order valence-electron chi connectivity index (χ1n) is 11.1. The smallest absolute Gasteiger partial charge is 0.248 e. The van der Waals surface area contributed by atoms with Crippen molar-refractivity contribution in [3.63, 3.8) is 0 Å². The summed E-state index contributed by atoms with van der Waals surface area (Å²) in [5.74, 6) is -0.226. The van der Waals surface area contributed by atoms with E-state index in [0.717, 1.165) is 27.9 Å². The van der Waals surface area contributed by atoms with Gasteiger partial charge in [-0.3, -0.25) is 4.79 Å². The summed E-state index contributed by atoms with van der Waals surface area (Å²) in [7, 11) is 0. The Bertz CT molecular complexity index is 1440. The molecule has 1 amide bonds. The molecule has 1 atom stereocenters. The molecule has 1 aliphatic heterocycles. The molecular formula is C30H23N3O. The third kappa shape index (κ3) is 2.91. The van der Waals surface area contributed by atoms with Crippen molar-refractivity contribution < 1.29 is 4.79 Å². The van der Waals surface area contributed by atoms with Crippen molar-refractivity contribution >= 4 is 29.0 Å². The highest BCUT2D eigenvalue weighted by atomic mass is 16.2. The summed E-state index contributed by atoms with van der Waals surface area (Å²) < 4.78 is 0. The molecule has 1 spiro atoms. The standard InChI is InChI=1S/C30H23N3O/c1-3-17-33-26-12-8-7-11-24(26)30(29(33)34)25(18-21-15-13-20(2)14-16-21)27(23(19-31)28(30)32)22-9-5-4-6-10-22/h3-16,18,32H,1,17H2,2H3/b25-18+,32-28?. The van der Waals surface area contributed by atoms with Crippen LogP contribution in [0.5, 0.6) is 0 Å². The minimum Gasteiger partial charge on any atom is -0.307 e. The molecule has 0 fully saturated rings. The predicted octanol–water partition coefficient (Wildman–Crippen LogP) is 5.86. The van der Waals surface area contributed by atoms with Gasteiger partial charge in [-0.25, -0.2) is 0 Å². The maximum Gasteiger partial charge on any atom is 0.248 e. The quantitative estimate of drug-likeness (QED) is 0.515. The molecule has 4 heteroatoms. The zero-order chi connectivity index (χ0) is 23.9. The fraction of sp³-hybridized carbons (Fsp3) is 0.100. The van der Waals surface area contributed by atoms with Gasteiger partial charge in [-0.15, -0.1) is 6.58 Å². The highest BCUT2D eigenvalue weighted by Gasteiger charge is 2.61. The van der Waals surface area contributed by atoms with Crippen molar-refractivity contribution in [2.24, 2.45) is 0 Å². The van der Waals surface area contributed by atoms with E-state index in [0.29, 0.717) is 17.7 Å². The monoisotopic (exact) mass is 441 g/mol. The highest BCUT2D eigenvalue weighted by Crippen LogP contribution is 2.57. The van der Waals surface area contributed by atoms with Crippen molar-refractivity contribution in [3.8, 4) is 6.07 Å². The number of nitrogens with one attached hydrogen (secondary N) is 1. The Labute approximate surface area is 199 Å². The van der Waals surface area contributed by atoms with Gasteiger partial charge in [0, 0.05) is 23.4 Å². The predicted molar refractivity (Wildman–Crippen MR) is 137 cm³/mol. The fourth-order valence-electron chi connectivity index (χ4n) is 5.06. The van der Waals surface area contributed by atoms with Crippen LogP contribution >= 0.6 is 0 Å². The second-order valence-corrected chi connectivity index (χ2v) is 8.54. The minimum absolute atomic E-state index is 0.0243. The summed E-state index contributed by atoms with van der Waals surface area (Å²) in [6.45, 7) is 6.18. The molecule has 1 N–H and O–H groups in total. The zero-order valence-corrected chi connectivity index (χ0v) is 18.9. The van der Waals surface area contributed by atoms with E-state index in [2.05, 4.69) is 12.6 Å². The lowest BCUT2D eigenvalue weighted by atomic mass is 9.72. The maximum atomic E-state index is 14.2. The van der Waals surface area contributed by atoms with Crippen LogP contribution in [0.4, 0.5) is 5.69 Å². The van der Waals surface area contributed by atoms with Crippen molar-refractivity contribution in [2.45, 2.75) is 12.3 Å². The van der Waals surface area contributed by atoms with Crippen LogP contribution in [-0.4, -0.2) is 18.2 Å². The van der Waals surface area contributed by atoms with Crippen LogP contribution < -0.4 is 4.90 Å². The van der Waals surface area contributed by atoms with Gasteiger partial charge in [-0.2, -0.15) is 5.26 Å². The summed E-state index contributed by atoms with van der Waals surface area (Å²) in [5.41, 5.74) is 4.49. The first-order valence-corrected chi connectivity index (χ1v) is 11.1. The number of carbonyl (C=O) groups is 1. The number of nitrogens with zero attached hydrogens (tertiary/aromatic N) is 2. The number of amides is 1. The van der Waals surface area contributed by atoms with Crippen molar-refractivity contribution in [3.05, 3.63) is 125 Å². The molecule has 0 saturated heterocycles. The summed E-state index contributed by atoms with van der Waals surface area (Å²) in [6, 6.07) is 27.4. The number of hydrogen-bond acceptors (Lipinski definition) is 3. The van der Waals surface area contributed by atoms with E-state index in [1.165, 1.54) is 0 Å². The molecule has 0 radical (unpaired) electrons. The molecule has 0 aromatic heterocycles. The van der Waals surface area contributed by atoms with Crippen LogP contribution in [0.1, 0.15) is 22.3 Å². The Morgan fingerprint density at radius 1 is 1.03 bits per heavy atom. The Kier molecular flexibility index (Phi) is 5.11. The lowest BCUT2D eigenvalue weighted by molar-refractivity contribution is -0.119. The van der Waals surface area contributed by atoms with Gasteiger partial charge in [0.15, 0.2) is 0 Å². The number of benzene rings is 3. The van der Waals surface area contributed by atoms with Crippen molar-refractivity contribution in [2.75, 3.05) is 11.4 Å². The van der Waals surface area contributed by atoms with E-state index in [-0.39, 0.29) is 17.2 Å². The third-order valence-electron chi connectivity index (χ3n) is 6.59. The number of rotatable bonds is 4. The lowest BCUT2D eigenvalue weighted by Crippen LogP contribution is -2.45. The largest absolute Gasteiger partial charge is 0.307 e. The SMILES string of the molecule is C=CCN1C(=O)C2(C(=N)C(C#N)=C(c3ccccc3)/C2=C\c2ccc(C)cc2)c2ccccc21. The summed E-state index contributed by atoms with van der Waals surface area (Å²) in [6.07, 6.45) is 3.65. The molecule has 3 aromatic carbocycles. The van der Waals surface area contributed by atoms with Gasteiger partial charge in [0.05, 0.1) is 11.3 Å². The van der Waals surface area contributed by atoms with E-state index in [1.807, 2.05) is 91.9 Å². The third-order valence-corrected chi connectivity index (χ3v) is 6.59. The Hall–Kier alpha value is -4.49. The maximum absolute atomic E-state index is 14.2. The summed E-state index contributed by atoms with van der Waals surface area (Å²) in [5, 5.41) is 19.5. The lowest BCUT2D eigenvalue weighted by Gasteiger charge is -2.27. The van der Waals surface area contributed by atoms with E-state index in [1.54, 1.807) is 11.0 Å². The molecule has 1 aliphatic carbocycles. The van der Waals surface area contributed by atoms with Gasteiger partial charge < -0.3 is 10.3 Å². The topological polar surface area (TPSA) is 68.0 Å². The number of hydrogen-bond donors (Lipinski definition) is 1. The molecular weight excluding hydrogens is 418 g/mol. The van der Waals surface area contributed by atoms with Crippen LogP contribution in [0.15, 0.2) is 103 Å². The van der Waals surface area contributed by atoms with Crippen LogP contribution in [0.3, 0.4) is 0 Å². The number of fused-ring (bicyclic) bond motifs is 2. The van der Waals surface area contributed by atoms with E-state index in [9.17, 15) is 15.5 Å². The highest BCUT2D eigenvalue weighted by molar-refractivity contribution is 6.39. The van der Waals surface area contributed by atoms with E-state index < -0.39 is 5.41 Å². The molecule has 1 unspecified atom stereocenters. The normalized spacial score (nSPS) is 20.2. The van der Waals surface area contributed by atoms with Crippen molar-refractivity contribution in [1.82, 2.24) is 0 Å². The fourth-order valence-corrected chi connectivity index (χ4v) is 5.06. The average molecular weight is 442 g/mol. The van der Waals surface area contributed by atoms with Crippen LogP contribution in [-0.2, 0) is 10.2 Å². The van der Waals surface area contributed by atoms with Crippen molar-refractivity contribution in [1.29, 1.82) is 10.7 Å². The molecule has 0 saturated carbocycles. The Balaban J connectivity index is 1.87. The van der Waals surface area contributed by atoms with Gasteiger partial charge in [-0.05, 0) is 35.8 Å². The molecule has 3 aromatic rings. The minimum atomic E-state index is -1.39.